The van der Waals surface area contributed by atoms with Gasteiger partial charge in [-0.1, -0.05) is 0 Å². The minimum Gasteiger partial charge on any atom is -0.396 e. The second kappa shape index (κ2) is 4.91. The van der Waals surface area contributed by atoms with Gasteiger partial charge >= 0.3 is 0 Å². The molecule has 0 atom stereocenters. The Hall–Kier alpha value is -2.31. The molecule has 0 saturated heterocycles. The first-order valence-corrected chi connectivity index (χ1v) is 5.80. The fourth-order valence-corrected chi connectivity index (χ4v) is 1.68. The standard InChI is InChI=1S/C11H16N6O/c1-3-16-7-8(5-13-16)15-11(18)10-9(12)6-14-17(10)4-2/h5-7H,3-4,12H2,1-2H3,(H,15,18). The average Bonchev–Trinajstić information content (AvgIpc) is 2.95. The summed E-state index contributed by atoms with van der Waals surface area (Å²) < 4.78 is 3.30. The van der Waals surface area contributed by atoms with Gasteiger partial charge in [0, 0.05) is 19.3 Å². The molecule has 0 unspecified atom stereocenters. The van der Waals surface area contributed by atoms with E-state index in [1.54, 1.807) is 21.8 Å². The molecule has 2 aromatic rings. The van der Waals surface area contributed by atoms with Gasteiger partial charge in [0.1, 0.15) is 5.69 Å². The first kappa shape index (κ1) is 12.2. The molecule has 96 valence electrons. The molecule has 0 aliphatic carbocycles. The minimum atomic E-state index is -0.275. The van der Waals surface area contributed by atoms with Crippen LogP contribution >= 0.6 is 0 Å². The smallest absolute Gasteiger partial charge is 0.276 e. The van der Waals surface area contributed by atoms with E-state index in [1.165, 1.54) is 6.20 Å². The number of nitrogens with zero attached hydrogens (tertiary/aromatic N) is 4. The van der Waals surface area contributed by atoms with E-state index in [9.17, 15) is 4.79 Å². The largest absolute Gasteiger partial charge is 0.396 e. The molecule has 2 aromatic heterocycles. The van der Waals surface area contributed by atoms with Crippen LogP contribution in [0.4, 0.5) is 11.4 Å². The molecule has 2 heterocycles. The number of carbonyl (C=O) groups excluding carboxylic acids is 1. The van der Waals surface area contributed by atoms with Gasteiger partial charge in [-0.05, 0) is 13.8 Å². The van der Waals surface area contributed by atoms with Crippen molar-refractivity contribution in [2.45, 2.75) is 26.9 Å². The Balaban J connectivity index is 2.18. The summed E-state index contributed by atoms with van der Waals surface area (Å²) in [5.41, 5.74) is 7.13. The van der Waals surface area contributed by atoms with Crippen LogP contribution in [0.2, 0.25) is 0 Å². The second-order valence-corrected chi connectivity index (χ2v) is 3.80. The summed E-state index contributed by atoms with van der Waals surface area (Å²) >= 11 is 0. The maximum atomic E-state index is 12.1. The fourth-order valence-electron chi connectivity index (χ4n) is 1.68. The number of hydrogen-bond acceptors (Lipinski definition) is 4. The second-order valence-electron chi connectivity index (χ2n) is 3.80. The van der Waals surface area contributed by atoms with Crippen LogP contribution < -0.4 is 11.1 Å². The third-order valence-corrected chi connectivity index (χ3v) is 2.60. The highest BCUT2D eigenvalue weighted by Gasteiger charge is 2.16. The molecule has 0 bridgehead atoms. The van der Waals surface area contributed by atoms with Crippen molar-refractivity contribution < 1.29 is 4.79 Å². The van der Waals surface area contributed by atoms with Crippen LogP contribution in [-0.4, -0.2) is 25.5 Å². The maximum absolute atomic E-state index is 12.1. The van der Waals surface area contributed by atoms with Crippen LogP contribution in [0.5, 0.6) is 0 Å². The van der Waals surface area contributed by atoms with Gasteiger partial charge in [-0.15, -0.1) is 0 Å². The molecule has 2 rings (SSSR count). The predicted molar refractivity (Wildman–Crippen MR) is 68.2 cm³/mol. The number of rotatable bonds is 4. The Morgan fingerprint density at radius 2 is 2.11 bits per heavy atom. The molecule has 7 heteroatoms. The number of aryl methyl sites for hydroxylation is 2. The van der Waals surface area contributed by atoms with Gasteiger partial charge in [0.15, 0.2) is 0 Å². The predicted octanol–water partition coefficient (Wildman–Crippen LogP) is 0.954. The fraction of sp³-hybridized carbons (Fsp3) is 0.364. The highest BCUT2D eigenvalue weighted by atomic mass is 16.2. The zero-order valence-corrected chi connectivity index (χ0v) is 10.4. The van der Waals surface area contributed by atoms with E-state index >= 15 is 0 Å². The van der Waals surface area contributed by atoms with E-state index in [-0.39, 0.29) is 5.91 Å². The van der Waals surface area contributed by atoms with Crippen molar-refractivity contribution in [3.63, 3.8) is 0 Å². The molecule has 0 radical (unpaired) electrons. The van der Waals surface area contributed by atoms with Crippen LogP contribution in [0, 0.1) is 0 Å². The van der Waals surface area contributed by atoms with Crippen LogP contribution in [0.25, 0.3) is 0 Å². The third kappa shape index (κ3) is 2.20. The van der Waals surface area contributed by atoms with Crippen molar-refractivity contribution in [2.75, 3.05) is 11.1 Å². The Labute approximate surface area is 105 Å². The topological polar surface area (TPSA) is 90.8 Å². The molecular weight excluding hydrogens is 232 g/mol. The van der Waals surface area contributed by atoms with Crippen molar-refractivity contribution in [3.8, 4) is 0 Å². The summed E-state index contributed by atoms with van der Waals surface area (Å²) in [5.74, 6) is -0.275. The molecule has 7 nitrogen and oxygen atoms in total. The zero-order valence-electron chi connectivity index (χ0n) is 10.4. The van der Waals surface area contributed by atoms with Crippen molar-refractivity contribution in [2.24, 2.45) is 0 Å². The summed E-state index contributed by atoms with van der Waals surface area (Å²) in [6.45, 7) is 5.22. The van der Waals surface area contributed by atoms with Gasteiger partial charge in [-0.25, -0.2) is 0 Å². The lowest BCUT2D eigenvalue weighted by molar-refractivity contribution is 0.101. The lowest BCUT2D eigenvalue weighted by atomic mass is 10.3. The molecule has 0 aliphatic rings. The number of carbonyl (C=O) groups is 1. The summed E-state index contributed by atoms with van der Waals surface area (Å²) in [5, 5.41) is 10.9. The SMILES string of the molecule is CCn1cc(NC(=O)c2c(N)cnn2CC)cn1. The summed E-state index contributed by atoms with van der Waals surface area (Å²) in [6, 6.07) is 0. The lowest BCUT2D eigenvalue weighted by Gasteiger charge is -2.05. The number of amides is 1. The molecule has 3 N–H and O–H groups in total. The van der Waals surface area contributed by atoms with Gasteiger partial charge < -0.3 is 11.1 Å². The van der Waals surface area contributed by atoms with E-state index in [2.05, 4.69) is 15.5 Å². The van der Waals surface area contributed by atoms with Crippen LogP contribution in [0.1, 0.15) is 24.3 Å². The maximum Gasteiger partial charge on any atom is 0.276 e. The molecule has 0 spiro atoms. The van der Waals surface area contributed by atoms with Crippen molar-refractivity contribution >= 4 is 17.3 Å². The van der Waals surface area contributed by atoms with Crippen LogP contribution in [0.15, 0.2) is 18.6 Å². The molecule has 1 amide bonds. The van der Waals surface area contributed by atoms with Gasteiger partial charge in [0.25, 0.3) is 5.91 Å². The minimum absolute atomic E-state index is 0.275. The highest BCUT2D eigenvalue weighted by molar-refractivity contribution is 6.06. The molecular formula is C11H16N6O. The first-order chi connectivity index (χ1) is 8.65. The lowest BCUT2D eigenvalue weighted by Crippen LogP contribution is -2.18. The number of nitrogens with two attached hydrogens (primary N) is 1. The number of aromatic nitrogens is 4. The Bertz CT molecular complexity index is 556. The quantitative estimate of drug-likeness (QED) is 0.843. The summed E-state index contributed by atoms with van der Waals surface area (Å²) in [7, 11) is 0. The Morgan fingerprint density at radius 1 is 1.33 bits per heavy atom. The van der Waals surface area contributed by atoms with E-state index < -0.39 is 0 Å². The molecule has 0 aromatic carbocycles. The van der Waals surface area contributed by atoms with Gasteiger partial charge in [-0.3, -0.25) is 14.2 Å². The van der Waals surface area contributed by atoms with Gasteiger partial charge in [-0.2, -0.15) is 10.2 Å². The number of anilines is 2. The first-order valence-electron chi connectivity index (χ1n) is 5.80. The Kier molecular flexibility index (Phi) is 3.31. The van der Waals surface area contributed by atoms with Gasteiger partial charge in [0.05, 0.1) is 23.8 Å². The number of hydrogen-bond donors (Lipinski definition) is 2. The Morgan fingerprint density at radius 3 is 2.72 bits per heavy atom. The van der Waals surface area contributed by atoms with Crippen LogP contribution in [0.3, 0.4) is 0 Å². The van der Waals surface area contributed by atoms with Crippen LogP contribution in [-0.2, 0) is 13.1 Å². The third-order valence-electron chi connectivity index (χ3n) is 2.60. The summed E-state index contributed by atoms with van der Waals surface area (Å²) in [6.07, 6.45) is 4.85. The van der Waals surface area contributed by atoms with E-state index in [0.717, 1.165) is 6.54 Å². The highest BCUT2D eigenvalue weighted by Crippen LogP contribution is 2.14. The van der Waals surface area contributed by atoms with Crippen molar-refractivity contribution in [1.29, 1.82) is 0 Å². The van der Waals surface area contributed by atoms with Gasteiger partial charge in [0.2, 0.25) is 0 Å². The molecule has 18 heavy (non-hydrogen) atoms. The van der Waals surface area contributed by atoms with E-state index in [1.807, 2.05) is 13.8 Å². The zero-order chi connectivity index (χ0) is 13.1. The number of nitrogens with one attached hydrogen (secondary N) is 1. The monoisotopic (exact) mass is 248 g/mol. The van der Waals surface area contributed by atoms with Crippen molar-refractivity contribution in [1.82, 2.24) is 19.6 Å². The van der Waals surface area contributed by atoms with E-state index in [0.29, 0.717) is 23.6 Å². The normalized spacial score (nSPS) is 10.6. The number of nitrogen functional groups attached to an aromatic ring is 1. The summed E-state index contributed by atoms with van der Waals surface area (Å²) in [4.78, 5) is 12.1. The molecule has 0 fully saturated rings. The van der Waals surface area contributed by atoms with Crippen molar-refractivity contribution in [3.05, 3.63) is 24.3 Å². The molecule has 0 aliphatic heterocycles. The molecule has 0 saturated carbocycles. The van der Waals surface area contributed by atoms with E-state index in [4.69, 9.17) is 5.73 Å². The average molecular weight is 248 g/mol.